The molecule has 0 saturated heterocycles. The van der Waals surface area contributed by atoms with Gasteiger partial charge in [0.2, 0.25) is 0 Å². The second-order valence-electron chi connectivity index (χ2n) is 13.8. The topological polar surface area (TPSA) is 20.7 Å². The van der Waals surface area contributed by atoms with Gasteiger partial charge in [0.1, 0.15) is 0 Å². The fourth-order valence-corrected chi connectivity index (χ4v) is 7.64. The molecule has 0 unspecified atom stereocenters. The lowest BCUT2D eigenvalue weighted by atomic mass is 9.67. The van der Waals surface area contributed by atoms with Crippen LogP contribution in [-0.4, -0.2) is 9.55 Å². The van der Waals surface area contributed by atoms with Crippen molar-refractivity contribution >= 4 is 38.8 Å². The van der Waals surface area contributed by atoms with Gasteiger partial charge in [-0.05, 0) is 81.6 Å². The molecule has 0 atom stereocenters. The van der Waals surface area contributed by atoms with Crippen LogP contribution in [0.4, 0.5) is 0 Å². The molecule has 2 heteroatoms. The normalized spacial score (nSPS) is 16.5. The number of nitrogens with one attached hydrogen (secondary N) is 1. The lowest BCUT2D eigenvalue weighted by Crippen LogP contribution is -2.30. The number of benzene rings is 5. The molecule has 0 spiro atoms. The third-order valence-corrected chi connectivity index (χ3v) is 10.1. The van der Waals surface area contributed by atoms with Crippen molar-refractivity contribution in [2.75, 3.05) is 0 Å². The minimum atomic E-state index is -0.292. The summed E-state index contributed by atoms with van der Waals surface area (Å²) in [6, 6.07) is 41.8. The molecule has 0 saturated carbocycles. The number of para-hydroxylation sites is 2. The van der Waals surface area contributed by atoms with Gasteiger partial charge in [-0.3, -0.25) is 0 Å². The standard InChI is InChI=1S/C43H38N2/c1-28-19-26-39-34(32-15-10-12-18-38(32)45(39)31-22-20-30(21-23-31)29-13-7-6-8-14-29)27-42(2,3)35-24-25-37-40(41(35)43(28,4)5)33-16-9-11-17-36(33)44-37/h6-26,44H,1,27H2,2-5H3/b26-19-. The predicted octanol–water partition coefficient (Wildman–Crippen LogP) is 11.3. The highest BCUT2D eigenvalue weighted by atomic mass is 15.0. The predicted molar refractivity (Wildman–Crippen MR) is 192 cm³/mol. The van der Waals surface area contributed by atoms with Gasteiger partial charge >= 0.3 is 0 Å². The highest BCUT2D eigenvalue weighted by molar-refractivity contribution is 6.10. The Morgan fingerprint density at radius 2 is 1.31 bits per heavy atom. The van der Waals surface area contributed by atoms with Crippen LogP contribution >= 0.6 is 0 Å². The van der Waals surface area contributed by atoms with Gasteiger partial charge in [-0.2, -0.15) is 0 Å². The van der Waals surface area contributed by atoms with E-state index in [1.165, 1.54) is 66.2 Å². The van der Waals surface area contributed by atoms with E-state index in [4.69, 9.17) is 6.58 Å². The molecule has 0 aliphatic heterocycles. The molecule has 2 aromatic heterocycles. The fraction of sp³-hybridized carbons (Fsp3) is 0.163. The van der Waals surface area contributed by atoms with Crippen molar-refractivity contribution in [3.8, 4) is 16.8 Å². The molecule has 1 aliphatic carbocycles. The Morgan fingerprint density at radius 3 is 2.09 bits per heavy atom. The Hall–Kier alpha value is -5.08. The van der Waals surface area contributed by atoms with Crippen LogP contribution in [0.15, 0.2) is 133 Å². The highest BCUT2D eigenvalue weighted by Gasteiger charge is 2.36. The zero-order valence-corrected chi connectivity index (χ0v) is 26.5. The van der Waals surface area contributed by atoms with E-state index in [0.717, 1.165) is 17.7 Å². The van der Waals surface area contributed by atoms with Gasteiger partial charge in [0, 0.05) is 38.3 Å². The van der Waals surface area contributed by atoms with E-state index in [2.05, 4.69) is 165 Å². The van der Waals surface area contributed by atoms with E-state index < -0.39 is 0 Å². The number of nitrogens with zero attached hydrogens (tertiary/aromatic N) is 1. The van der Waals surface area contributed by atoms with Crippen LogP contribution in [0.3, 0.4) is 0 Å². The number of fused-ring (bicyclic) bond motifs is 8. The van der Waals surface area contributed by atoms with Crippen LogP contribution in [0.2, 0.25) is 0 Å². The Balaban J connectivity index is 1.37. The zero-order chi connectivity index (χ0) is 30.9. The molecule has 8 rings (SSSR count). The Kier molecular flexibility index (Phi) is 6.09. The van der Waals surface area contributed by atoms with E-state index in [0.29, 0.717) is 0 Å². The third-order valence-electron chi connectivity index (χ3n) is 10.1. The molecule has 0 fully saturated rings. The molecule has 45 heavy (non-hydrogen) atoms. The number of H-pyrrole nitrogens is 1. The summed E-state index contributed by atoms with van der Waals surface area (Å²) >= 11 is 0. The van der Waals surface area contributed by atoms with E-state index in [1.54, 1.807) is 0 Å². The van der Waals surface area contributed by atoms with Crippen molar-refractivity contribution < 1.29 is 0 Å². The summed E-state index contributed by atoms with van der Waals surface area (Å²) in [6.07, 6.45) is 5.50. The molecular weight excluding hydrogens is 544 g/mol. The number of allylic oxidation sites excluding steroid dienone is 2. The fourth-order valence-electron chi connectivity index (χ4n) is 7.64. The van der Waals surface area contributed by atoms with Crippen molar-refractivity contribution in [2.45, 2.75) is 44.9 Å². The first-order valence-electron chi connectivity index (χ1n) is 15.9. The third kappa shape index (κ3) is 4.24. The number of rotatable bonds is 2. The summed E-state index contributed by atoms with van der Waals surface area (Å²) in [7, 11) is 0. The molecule has 220 valence electrons. The first-order chi connectivity index (χ1) is 21.7. The number of hydrogen-bond acceptors (Lipinski definition) is 0. The Labute approximate surface area is 265 Å². The second kappa shape index (κ2) is 9.97. The summed E-state index contributed by atoms with van der Waals surface area (Å²) in [4.78, 5) is 3.70. The van der Waals surface area contributed by atoms with E-state index in [1.807, 2.05) is 0 Å². The summed E-state index contributed by atoms with van der Waals surface area (Å²) in [5.74, 6) is 0. The first kappa shape index (κ1) is 27.5. The van der Waals surface area contributed by atoms with Crippen LogP contribution in [0.1, 0.15) is 50.1 Å². The minimum Gasteiger partial charge on any atom is -0.355 e. The van der Waals surface area contributed by atoms with Gasteiger partial charge in [-0.25, -0.2) is 0 Å². The average Bonchev–Trinajstić information content (AvgIpc) is 3.58. The van der Waals surface area contributed by atoms with Crippen molar-refractivity contribution in [3.63, 3.8) is 0 Å². The van der Waals surface area contributed by atoms with E-state index >= 15 is 0 Å². The number of hydrogen-bond donors (Lipinski definition) is 1. The van der Waals surface area contributed by atoms with Gasteiger partial charge in [0.15, 0.2) is 0 Å². The molecule has 0 radical (unpaired) electrons. The second-order valence-corrected chi connectivity index (χ2v) is 13.8. The van der Waals surface area contributed by atoms with Crippen molar-refractivity contribution in [3.05, 3.63) is 156 Å². The van der Waals surface area contributed by atoms with Crippen molar-refractivity contribution in [1.82, 2.24) is 9.55 Å². The molecule has 2 heterocycles. The smallest absolute Gasteiger partial charge is 0.0537 e. The lowest BCUT2D eigenvalue weighted by Gasteiger charge is -2.37. The van der Waals surface area contributed by atoms with Crippen molar-refractivity contribution in [1.29, 1.82) is 0 Å². The highest BCUT2D eigenvalue weighted by Crippen LogP contribution is 2.47. The maximum Gasteiger partial charge on any atom is 0.0537 e. The van der Waals surface area contributed by atoms with Gasteiger partial charge in [0.05, 0.1) is 11.2 Å². The molecule has 0 bridgehead atoms. The molecule has 5 aromatic carbocycles. The monoisotopic (exact) mass is 582 g/mol. The Morgan fingerprint density at radius 1 is 0.644 bits per heavy atom. The SMILES string of the molecule is C=C1/C=C\c2c(c3ccccc3n2-c2ccc(-c3ccccc3)cc2)CC(C)(C)c2ccc3[nH]c4ccccc4c3c2C1(C)C. The summed E-state index contributed by atoms with van der Waals surface area (Å²) < 4.78 is 2.44. The minimum absolute atomic E-state index is 0.147. The van der Waals surface area contributed by atoms with Gasteiger partial charge in [-0.15, -0.1) is 0 Å². The first-order valence-corrected chi connectivity index (χ1v) is 15.9. The largest absolute Gasteiger partial charge is 0.355 e. The van der Waals surface area contributed by atoms with Crippen LogP contribution in [0.5, 0.6) is 0 Å². The van der Waals surface area contributed by atoms with Crippen molar-refractivity contribution in [2.24, 2.45) is 0 Å². The molecule has 0 amide bonds. The molecule has 1 N–H and O–H groups in total. The Bertz CT molecular complexity index is 2290. The average molecular weight is 583 g/mol. The van der Waals surface area contributed by atoms with Gasteiger partial charge < -0.3 is 9.55 Å². The van der Waals surface area contributed by atoms with E-state index in [9.17, 15) is 0 Å². The summed E-state index contributed by atoms with van der Waals surface area (Å²) in [5, 5.41) is 3.90. The van der Waals surface area contributed by atoms with Crippen LogP contribution in [-0.2, 0) is 17.3 Å². The summed E-state index contributed by atoms with van der Waals surface area (Å²) in [5.41, 5.74) is 13.2. The number of aromatic amines is 1. The molecule has 7 aromatic rings. The van der Waals surface area contributed by atoms with Crippen LogP contribution in [0, 0.1) is 0 Å². The maximum absolute atomic E-state index is 4.73. The van der Waals surface area contributed by atoms with E-state index in [-0.39, 0.29) is 10.8 Å². The zero-order valence-electron chi connectivity index (χ0n) is 26.5. The van der Waals surface area contributed by atoms with Gasteiger partial charge in [-0.1, -0.05) is 125 Å². The molecule has 1 aliphatic rings. The van der Waals surface area contributed by atoms with Crippen LogP contribution < -0.4 is 0 Å². The molecule has 2 nitrogen and oxygen atoms in total. The molecular formula is C43H38N2. The summed E-state index contributed by atoms with van der Waals surface area (Å²) in [6.45, 7) is 14.2. The lowest BCUT2D eigenvalue weighted by molar-refractivity contribution is 0.502. The maximum atomic E-state index is 4.73. The van der Waals surface area contributed by atoms with Crippen LogP contribution in [0.25, 0.3) is 55.6 Å². The van der Waals surface area contributed by atoms with Gasteiger partial charge in [0.25, 0.3) is 0 Å². The quantitative estimate of drug-likeness (QED) is 0.209. The number of aromatic nitrogens is 2.